The van der Waals surface area contributed by atoms with Crippen molar-refractivity contribution in [2.24, 2.45) is 0 Å². The molecule has 0 N–H and O–H groups in total. The summed E-state index contributed by atoms with van der Waals surface area (Å²) in [5, 5.41) is 0. The molecule has 1 nitrogen and oxygen atoms in total. The van der Waals surface area contributed by atoms with Gasteiger partial charge < -0.3 is 0 Å². The molecule has 13 heavy (non-hydrogen) atoms. The van der Waals surface area contributed by atoms with Crippen LogP contribution in [0.3, 0.4) is 0 Å². The molecule has 2 rings (SSSR count). The standard InChI is InChI=1S/C11H18FN/c12-9-11-5-2-7-13(11)8-6-10-3-1-4-10/h6,11H,1-5,7-9H2. The molecule has 0 amide bonds. The maximum Gasteiger partial charge on any atom is 0.105 e. The van der Waals surface area contributed by atoms with Gasteiger partial charge in [0.1, 0.15) is 6.67 Å². The number of hydrogen-bond donors (Lipinski definition) is 0. The third-order valence-corrected chi connectivity index (χ3v) is 3.29. The Kier molecular flexibility index (Phi) is 2.99. The minimum Gasteiger partial charge on any atom is -0.294 e. The largest absolute Gasteiger partial charge is 0.294 e. The molecule has 1 unspecified atom stereocenters. The van der Waals surface area contributed by atoms with Crippen LogP contribution in [0.25, 0.3) is 0 Å². The second-order valence-corrected chi connectivity index (χ2v) is 4.16. The van der Waals surface area contributed by atoms with E-state index in [1.807, 2.05) is 0 Å². The molecule has 1 saturated carbocycles. The summed E-state index contributed by atoms with van der Waals surface area (Å²) in [7, 11) is 0. The second-order valence-electron chi connectivity index (χ2n) is 4.16. The summed E-state index contributed by atoms with van der Waals surface area (Å²) in [5.74, 6) is 0. The highest BCUT2D eigenvalue weighted by atomic mass is 19.1. The van der Waals surface area contributed by atoms with Crippen LogP contribution in [0.2, 0.25) is 0 Å². The van der Waals surface area contributed by atoms with Crippen molar-refractivity contribution in [1.29, 1.82) is 0 Å². The minimum atomic E-state index is -0.164. The zero-order chi connectivity index (χ0) is 9.10. The van der Waals surface area contributed by atoms with Gasteiger partial charge in [0.05, 0.1) is 0 Å². The van der Waals surface area contributed by atoms with E-state index in [1.54, 1.807) is 5.57 Å². The average Bonchev–Trinajstić information content (AvgIpc) is 2.49. The lowest BCUT2D eigenvalue weighted by molar-refractivity contribution is 0.233. The van der Waals surface area contributed by atoms with Crippen molar-refractivity contribution in [1.82, 2.24) is 4.90 Å². The van der Waals surface area contributed by atoms with Crippen LogP contribution in [0, 0.1) is 0 Å². The number of nitrogens with zero attached hydrogens (tertiary/aromatic N) is 1. The molecular weight excluding hydrogens is 165 g/mol. The zero-order valence-electron chi connectivity index (χ0n) is 8.14. The van der Waals surface area contributed by atoms with Crippen LogP contribution in [0.1, 0.15) is 32.1 Å². The quantitative estimate of drug-likeness (QED) is 0.608. The highest BCUT2D eigenvalue weighted by Gasteiger charge is 2.23. The van der Waals surface area contributed by atoms with Gasteiger partial charge in [-0.2, -0.15) is 0 Å². The molecule has 0 aromatic carbocycles. The molecule has 0 bridgehead atoms. The molecular formula is C11H18FN. The average molecular weight is 183 g/mol. The minimum absolute atomic E-state index is 0.164. The molecule has 74 valence electrons. The van der Waals surface area contributed by atoms with Gasteiger partial charge >= 0.3 is 0 Å². The van der Waals surface area contributed by atoms with Gasteiger partial charge in [0.2, 0.25) is 0 Å². The fourth-order valence-corrected chi connectivity index (χ4v) is 2.14. The van der Waals surface area contributed by atoms with Crippen molar-refractivity contribution in [2.75, 3.05) is 19.8 Å². The van der Waals surface area contributed by atoms with E-state index in [-0.39, 0.29) is 12.7 Å². The van der Waals surface area contributed by atoms with Crippen LogP contribution in [-0.4, -0.2) is 30.7 Å². The third kappa shape index (κ3) is 2.11. The predicted molar refractivity (Wildman–Crippen MR) is 52.5 cm³/mol. The van der Waals surface area contributed by atoms with Gasteiger partial charge in [0.15, 0.2) is 0 Å². The first-order valence-electron chi connectivity index (χ1n) is 5.38. The van der Waals surface area contributed by atoms with Crippen molar-refractivity contribution >= 4 is 0 Å². The van der Waals surface area contributed by atoms with Crippen molar-refractivity contribution in [2.45, 2.75) is 38.1 Å². The lowest BCUT2D eigenvalue weighted by Gasteiger charge is -2.22. The molecule has 1 atom stereocenters. The molecule has 0 aromatic rings. The highest BCUT2D eigenvalue weighted by Crippen LogP contribution is 2.26. The molecule has 2 aliphatic rings. The molecule has 2 fully saturated rings. The highest BCUT2D eigenvalue weighted by molar-refractivity contribution is 5.10. The molecule has 1 saturated heterocycles. The Hall–Kier alpha value is -0.370. The van der Waals surface area contributed by atoms with Gasteiger partial charge in [0.25, 0.3) is 0 Å². The summed E-state index contributed by atoms with van der Waals surface area (Å²) in [4.78, 5) is 2.28. The maximum absolute atomic E-state index is 12.5. The Morgan fingerprint density at radius 1 is 1.38 bits per heavy atom. The number of alkyl halides is 1. The molecule has 0 radical (unpaired) electrons. The van der Waals surface area contributed by atoms with E-state index in [0.29, 0.717) is 0 Å². The van der Waals surface area contributed by atoms with E-state index in [2.05, 4.69) is 11.0 Å². The molecule has 1 aliphatic carbocycles. The summed E-state index contributed by atoms with van der Waals surface area (Å²) in [6, 6.07) is 0.219. The lowest BCUT2D eigenvalue weighted by atomic mass is 9.92. The van der Waals surface area contributed by atoms with E-state index in [9.17, 15) is 4.39 Å². The number of halogens is 1. The summed E-state index contributed by atoms with van der Waals surface area (Å²) in [6.07, 6.45) is 8.48. The van der Waals surface area contributed by atoms with Crippen molar-refractivity contribution < 1.29 is 4.39 Å². The maximum atomic E-state index is 12.5. The van der Waals surface area contributed by atoms with E-state index in [1.165, 1.54) is 25.7 Å². The van der Waals surface area contributed by atoms with E-state index < -0.39 is 0 Å². The van der Waals surface area contributed by atoms with Gasteiger partial charge in [-0.1, -0.05) is 11.6 Å². The fraction of sp³-hybridized carbons (Fsp3) is 0.818. The Morgan fingerprint density at radius 2 is 2.23 bits per heavy atom. The number of likely N-dealkylation sites (tertiary alicyclic amines) is 1. The Morgan fingerprint density at radius 3 is 2.85 bits per heavy atom. The Bertz CT molecular complexity index is 194. The molecule has 2 heteroatoms. The molecule has 0 aromatic heterocycles. The summed E-state index contributed by atoms with van der Waals surface area (Å²) >= 11 is 0. The number of hydrogen-bond acceptors (Lipinski definition) is 1. The van der Waals surface area contributed by atoms with Crippen LogP contribution in [0.5, 0.6) is 0 Å². The van der Waals surface area contributed by atoms with Crippen LogP contribution in [0.4, 0.5) is 4.39 Å². The van der Waals surface area contributed by atoms with Gasteiger partial charge in [0, 0.05) is 12.6 Å². The molecule has 1 aliphatic heterocycles. The topological polar surface area (TPSA) is 3.24 Å². The van der Waals surface area contributed by atoms with E-state index >= 15 is 0 Å². The van der Waals surface area contributed by atoms with Gasteiger partial charge in [-0.05, 0) is 38.6 Å². The SMILES string of the molecule is FCC1CCCN1CC=C1CCC1. The molecule has 0 spiro atoms. The normalized spacial score (nSPS) is 29.0. The lowest BCUT2D eigenvalue weighted by Crippen LogP contribution is -2.31. The zero-order valence-corrected chi connectivity index (χ0v) is 8.14. The van der Waals surface area contributed by atoms with Gasteiger partial charge in [-0.25, -0.2) is 4.39 Å². The van der Waals surface area contributed by atoms with Crippen LogP contribution in [0.15, 0.2) is 11.6 Å². The number of allylic oxidation sites excluding steroid dienone is 1. The molecule has 1 heterocycles. The summed E-state index contributed by atoms with van der Waals surface area (Å²) < 4.78 is 12.5. The van der Waals surface area contributed by atoms with Crippen molar-refractivity contribution in [3.8, 4) is 0 Å². The fourth-order valence-electron chi connectivity index (χ4n) is 2.14. The van der Waals surface area contributed by atoms with E-state index in [0.717, 1.165) is 19.5 Å². The first kappa shape index (κ1) is 9.20. The van der Waals surface area contributed by atoms with Crippen LogP contribution in [-0.2, 0) is 0 Å². The van der Waals surface area contributed by atoms with Gasteiger partial charge in [-0.3, -0.25) is 4.90 Å². The summed E-state index contributed by atoms with van der Waals surface area (Å²) in [5.41, 5.74) is 1.59. The van der Waals surface area contributed by atoms with Gasteiger partial charge in [-0.15, -0.1) is 0 Å². The van der Waals surface area contributed by atoms with Crippen LogP contribution >= 0.6 is 0 Å². The van der Waals surface area contributed by atoms with E-state index in [4.69, 9.17) is 0 Å². The monoisotopic (exact) mass is 183 g/mol. The Labute approximate surface area is 79.6 Å². The Balaban J connectivity index is 1.79. The third-order valence-electron chi connectivity index (χ3n) is 3.29. The van der Waals surface area contributed by atoms with Crippen molar-refractivity contribution in [3.05, 3.63) is 11.6 Å². The first-order valence-corrected chi connectivity index (χ1v) is 5.38. The predicted octanol–water partition coefficient (Wildman–Crippen LogP) is 2.53. The second kappa shape index (κ2) is 4.23. The van der Waals surface area contributed by atoms with Crippen molar-refractivity contribution in [3.63, 3.8) is 0 Å². The number of rotatable bonds is 3. The van der Waals surface area contributed by atoms with Crippen LogP contribution < -0.4 is 0 Å². The smallest absolute Gasteiger partial charge is 0.105 e. The first-order chi connectivity index (χ1) is 6.40. The summed E-state index contributed by atoms with van der Waals surface area (Å²) in [6.45, 7) is 1.92.